The number of hydrogen-bond acceptors (Lipinski definition) is 4. The molecule has 31 heavy (non-hydrogen) atoms. The van der Waals surface area contributed by atoms with E-state index < -0.39 is 0 Å². The first kappa shape index (κ1) is 21.5. The molecule has 4 rings (SSSR count). The highest BCUT2D eigenvalue weighted by Crippen LogP contribution is 2.44. The number of nitrogens with zero attached hydrogens (tertiary/aromatic N) is 1. The second kappa shape index (κ2) is 8.81. The monoisotopic (exact) mass is 423 g/mol. The molecule has 2 aromatic carbocycles. The smallest absolute Gasteiger partial charge is 0.231 e. The van der Waals surface area contributed by atoms with Gasteiger partial charge in [-0.15, -0.1) is 0 Å². The summed E-state index contributed by atoms with van der Waals surface area (Å²) in [7, 11) is 0. The third kappa shape index (κ3) is 4.36. The van der Waals surface area contributed by atoms with Crippen LogP contribution in [0.25, 0.3) is 0 Å². The summed E-state index contributed by atoms with van der Waals surface area (Å²) in [6, 6.07) is 9.91. The molecule has 2 unspecified atom stereocenters. The summed E-state index contributed by atoms with van der Waals surface area (Å²) in [5, 5.41) is 11.1. The van der Waals surface area contributed by atoms with Crippen LogP contribution in [-0.2, 0) is 4.79 Å². The lowest BCUT2D eigenvalue weighted by Gasteiger charge is -2.33. The Hall–Kier alpha value is -2.69. The minimum absolute atomic E-state index is 0.143. The highest BCUT2D eigenvalue weighted by atomic mass is 16.7. The van der Waals surface area contributed by atoms with Crippen LogP contribution < -0.4 is 9.47 Å². The van der Waals surface area contributed by atoms with Gasteiger partial charge < -0.3 is 19.5 Å². The Morgan fingerprint density at radius 3 is 2.71 bits per heavy atom. The molecule has 5 heteroatoms. The van der Waals surface area contributed by atoms with Gasteiger partial charge in [-0.2, -0.15) is 0 Å². The van der Waals surface area contributed by atoms with E-state index in [2.05, 4.69) is 26.8 Å². The number of aromatic hydroxyl groups is 1. The van der Waals surface area contributed by atoms with E-state index in [0.29, 0.717) is 18.1 Å². The van der Waals surface area contributed by atoms with Gasteiger partial charge in [-0.25, -0.2) is 0 Å². The summed E-state index contributed by atoms with van der Waals surface area (Å²) in [4.78, 5) is 15.4. The van der Waals surface area contributed by atoms with Crippen LogP contribution in [0.5, 0.6) is 17.2 Å². The van der Waals surface area contributed by atoms with Crippen LogP contribution in [0.15, 0.2) is 30.3 Å². The third-order valence-electron chi connectivity index (χ3n) is 6.61. The number of piperidine rings is 1. The van der Waals surface area contributed by atoms with Gasteiger partial charge in [0, 0.05) is 31.0 Å². The number of amides is 1. The van der Waals surface area contributed by atoms with Crippen LogP contribution in [0.4, 0.5) is 0 Å². The summed E-state index contributed by atoms with van der Waals surface area (Å²) in [6.45, 7) is 10.2. The van der Waals surface area contributed by atoms with Crippen molar-refractivity contribution in [2.75, 3.05) is 19.9 Å². The Morgan fingerprint density at radius 1 is 1.19 bits per heavy atom. The van der Waals surface area contributed by atoms with Crippen molar-refractivity contribution in [2.45, 2.75) is 58.8 Å². The zero-order chi connectivity index (χ0) is 22.1. The summed E-state index contributed by atoms with van der Waals surface area (Å²) >= 11 is 0. The SMILES string of the molecule is Cc1ccc(C(C)C)c(C(CC(=O)N2CCCC(C)C2)c2ccc3c(c2)OCO3)c1O. The molecule has 1 saturated heterocycles. The number of carbonyl (C=O) groups is 1. The second-order valence-corrected chi connectivity index (χ2v) is 9.35. The van der Waals surface area contributed by atoms with Gasteiger partial charge in [0.25, 0.3) is 0 Å². The first-order valence-electron chi connectivity index (χ1n) is 11.3. The van der Waals surface area contributed by atoms with Crippen molar-refractivity contribution < 1.29 is 19.4 Å². The molecule has 166 valence electrons. The topological polar surface area (TPSA) is 59.0 Å². The highest BCUT2D eigenvalue weighted by molar-refractivity contribution is 5.78. The summed E-state index contributed by atoms with van der Waals surface area (Å²) in [6.07, 6.45) is 2.54. The Labute approximate surface area is 185 Å². The maximum atomic E-state index is 13.4. The van der Waals surface area contributed by atoms with E-state index in [9.17, 15) is 9.90 Å². The van der Waals surface area contributed by atoms with Crippen LogP contribution >= 0.6 is 0 Å². The van der Waals surface area contributed by atoms with E-state index in [1.54, 1.807) is 0 Å². The molecule has 2 aliphatic heterocycles. The highest BCUT2D eigenvalue weighted by Gasteiger charge is 2.30. The molecule has 2 aromatic rings. The quantitative estimate of drug-likeness (QED) is 0.706. The Bertz CT molecular complexity index is 968. The molecule has 1 N–H and O–H groups in total. The van der Waals surface area contributed by atoms with Gasteiger partial charge in [0.05, 0.1) is 0 Å². The fraction of sp³-hybridized carbons (Fsp3) is 0.500. The van der Waals surface area contributed by atoms with Gasteiger partial charge in [-0.05, 0) is 60.4 Å². The first-order valence-corrected chi connectivity index (χ1v) is 11.3. The van der Waals surface area contributed by atoms with Crippen molar-refractivity contribution in [3.63, 3.8) is 0 Å². The van der Waals surface area contributed by atoms with Gasteiger partial charge >= 0.3 is 0 Å². The summed E-state index contributed by atoms with van der Waals surface area (Å²) in [5.41, 5.74) is 3.72. The lowest BCUT2D eigenvalue weighted by atomic mass is 9.80. The Morgan fingerprint density at radius 2 is 1.97 bits per heavy atom. The maximum absolute atomic E-state index is 13.4. The predicted molar refractivity (Wildman–Crippen MR) is 121 cm³/mol. The van der Waals surface area contributed by atoms with Gasteiger partial charge in [0.2, 0.25) is 12.7 Å². The van der Waals surface area contributed by atoms with E-state index >= 15 is 0 Å². The number of benzene rings is 2. The molecule has 5 nitrogen and oxygen atoms in total. The zero-order valence-electron chi connectivity index (χ0n) is 19.0. The number of phenolic OH excluding ortho intramolecular Hbond substituents is 1. The third-order valence-corrected chi connectivity index (χ3v) is 6.61. The Balaban J connectivity index is 1.77. The molecule has 0 radical (unpaired) electrons. The fourth-order valence-electron chi connectivity index (χ4n) is 4.84. The largest absolute Gasteiger partial charge is 0.507 e. The van der Waals surface area contributed by atoms with Crippen molar-refractivity contribution in [1.29, 1.82) is 0 Å². The molecule has 2 heterocycles. The summed E-state index contributed by atoms with van der Waals surface area (Å²) in [5.74, 6) is 2.34. The molecule has 1 fully saturated rings. The van der Waals surface area contributed by atoms with E-state index in [4.69, 9.17) is 9.47 Å². The minimum Gasteiger partial charge on any atom is -0.507 e. The van der Waals surface area contributed by atoms with Crippen LogP contribution in [0, 0.1) is 12.8 Å². The maximum Gasteiger partial charge on any atom is 0.231 e. The predicted octanol–water partition coefficient (Wildman–Crippen LogP) is 5.33. The number of aryl methyl sites for hydroxylation is 1. The van der Waals surface area contributed by atoms with Crippen molar-refractivity contribution in [2.24, 2.45) is 5.92 Å². The van der Waals surface area contributed by atoms with Crippen molar-refractivity contribution in [3.05, 3.63) is 52.6 Å². The van der Waals surface area contributed by atoms with Gasteiger partial charge in [-0.3, -0.25) is 4.79 Å². The Kier molecular flexibility index (Phi) is 6.12. The number of phenols is 1. The second-order valence-electron chi connectivity index (χ2n) is 9.35. The average Bonchev–Trinajstić information content (AvgIpc) is 3.21. The van der Waals surface area contributed by atoms with Crippen molar-refractivity contribution in [3.8, 4) is 17.2 Å². The molecular weight excluding hydrogens is 390 g/mol. The molecule has 0 bridgehead atoms. The minimum atomic E-state index is -0.253. The molecule has 0 saturated carbocycles. The van der Waals surface area contributed by atoms with E-state index in [0.717, 1.165) is 47.5 Å². The number of fused-ring (bicyclic) bond motifs is 1. The van der Waals surface area contributed by atoms with Crippen molar-refractivity contribution in [1.82, 2.24) is 4.90 Å². The fourth-order valence-corrected chi connectivity index (χ4v) is 4.84. The lowest BCUT2D eigenvalue weighted by Crippen LogP contribution is -2.39. The lowest BCUT2D eigenvalue weighted by molar-refractivity contribution is -0.133. The number of likely N-dealkylation sites (tertiary alicyclic amines) is 1. The molecule has 0 spiro atoms. The van der Waals surface area contributed by atoms with Crippen LogP contribution in [0.3, 0.4) is 0 Å². The molecule has 2 atom stereocenters. The van der Waals surface area contributed by atoms with Gasteiger partial charge in [0.1, 0.15) is 5.75 Å². The number of carbonyl (C=O) groups excluding carboxylic acids is 1. The van der Waals surface area contributed by atoms with E-state index in [1.807, 2.05) is 36.1 Å². The molecule has 2 aliphatic rings. The number of ether oxygens (including phenoxy) is 2. The van der Waals surface area contributed by atoms with Crippen molar-refractivity contribution >= 4 is 5.91 Å². The zero-order valence-corrected chi connectivity index (χ0v) is 19.0. The van der Waals surface area contributed by atoms with Crippen LogP contribution in [-0.4, -0.2) is 35.8 Å². The standard InChI is InChI=1S/C26H33NO4/c1-16(2)20-9-7-18(4)26(29)25(20)21(13-24(28)27-11-5-6-17(3)14-27)19-8-10-22-23(12-19)31-15-30-22/h7-10,12,16-17,21,29H,5-6,11,13-15H2,1-4H3. The average molecular weight is 424 g/mol. The molecule has 0 aromatic heterocycles. The van der Waals surface area contributed by atoms with E-state index in [-0.39, 0.29) is 30.3 Å². The molecule has 1 amide bonds. The normalized spacial score (nSPS) is 19.0. The van der Waals surface area contributed by atoms with Crippen LogP contribution in [0.1, 0.15) is 74.1 Å². The summed E-state index contributed by atoms with van der Waals surface area (Å²) < 4.78 is 11.1. The molecule has 0 aliphatic carbocycles. The van der Waals surface area contributed by atoms with Crippen LogP contribution in [0.2, 0.25) is 0 Å². The first-order chi connectivity index (χ1) is 14.8. The number of rotatable bonds is 5. The van der Waals surface area contributed by atoms with Gasteiger partial charge in [0.15, 0.2) is 11.5 Å². The number of hydrogen-bond donors (Lipinski definition) is 1. The molecular formula is C26H33NO4. The van der Waals surface area contributed by atoms with E-state index in [1.165, 1.54) is 6.42 Å². The van der Waals surface area contributed by atoms with Gasteiger partial charge in [-0.1, -0.05) is 39.0 Å².